The summed E-state index contributed by atoms with van der Waals surface area (Å²) >= 11 is 0. The molecule has 5 aromatic carbocycles. The van der Waals surface area contributed by atoms with E-state index in [9.17, 15) is 5.26 Å². The highest BCUT2D eigenvalue weighted by atomic mass is 16.3. The SMILES string of the molecule is [C-]#[N+]c1cccc(-c2nc(C#N)cn2-c2c(C(C)C)cc(-c3ccc4oc5ccc(-n6cnc7ccccc76)cc5c4c3)cc2C(C)C)c1. The molecule has 7 heteroatoms. The van der Waals surface area contributed by atoms with Crippen molar-refractivity contribution in [2.45, 2.75) is 39.5 Å². The molecule has 49 heavy (non-hydrogen) atoms. The van der Waals surface area contributed by atoms with Crippen LogP contribution in [0.15, 0.2) is 114 Å². The summed E-state index contributed by atoms with van der Waals surface area (Å²) in [6, 6.07) is 35.0. The Balaban J connectivity index is 1.30. The largest absolute Gasteiger partial charge is 0.456 e. The molecule has 3 aromatic heterocycles. The van der Waals surface area contributed by atoms with Gasteiger partial charge in [-0.3, -0.25) is 9.13 Å². The molecule has 0 spiro atoms. The lowest BCUT2D eigenvalue weighted by molar-refractivity contribution is 0.669. The van der Waals surface area contributed by atoms with Crippen molar-refractivity contribution >= 4 is 38.7 Å². The molecular formula is C42H32N6O. The van der Waals surface area contributed by atoms with Gasteiger partial charge in [-0.05, 0) is 94.8 Å². The van der Waals surface area contributed by atoms with E-state index in [0.29, 0.717) is 17.2 Å². The number of para-hydroxylation sites is 2. The molecule has 0 saturated carbocycles. The fourth-order valence-electron chi connectivity index (χ4n) is 6.79. The Labute approximate surface area is 284 Å². The number of furan rings is 1. The van der Waals surface area contributed by atoms with Crippen molar-refractivity contribution in [1.82, 2.24) is 19.1 Å². The first kappa shape index (κ1) is 29.9. The molecule has 236 valence electrons. The topological polar surface area (TPSA) is 76.9 Å². The number of benzene rings is 5. The molecule has 0 atom stereocenters. The number of hydrogen-bond donors (Lipinski definition) is 0. The molecule has 0 radical (unpaired) electrons. The zero-order valence-corrected chi connectivity index (χ0v) is 27.6. The minimum atomic E-state index is 0.175. The van der Waals surface area contributed by atoms with Crippen molar-refractivity contribution in [2.24, 2.45) is 0 Å². The van der Waals surface area contributed by atoms with Gasteiger partial charge in [-0.1, -0.05) is 64.1 Å². The summed E-state index contributed by atoms with van der Waals surface area (Å²) in [6.07, 6.45) is 3.69. The van der Waals surface area contributed by atoms with Gasteiger partial charge in [-0.15, -0.1) is 0 Å². The van der Waals surface area contributed by atoms with Crippen LogP contribution in [-0.4, -0.2) is 19.1 Å². The second-order valence-corrected chi connectivity index (χ2v) is 13.0. The number of hydrogen-bond acceptors (Lipinski definition) is 4. The summed E-state index contributed by atoms with van der Waals surface area (Å²) in [7, 11) is 0. The van der Waals surface area contributed by atoms with Crippen molar-refractivity contribution in [1.29, 1.82) is 5.26 Å². The first-order valence-corrected chi connectivity index (χ1v) is 16.4. The van der Waals surface area contributed by atoms with Crippen LogP contribution in [0.5, 0.6) is 0 Å². The lowest BCUT2D eigenvalue weighted by Gasteiger charge is -2.23. The van der Waals surface area contributed by atoms with Gasteiger partial charge in [0.25, 0.3) is 0 Å². The summed E-state index contributed by atoms with van der Waals surface area (Å²) in [4.78, 5) is 12.9. The van der Waals surface area contributed by atoms with E-state index in [1.807, 2.05) is 59.6 Å². The molecular weight excluding hydrogens is 605 g/mol. The first-order valence-electron chi connectivity index (χ1n) is 16.4. The molecule has 0 saturated heterocycles. The molecule has 0 bridgehead atoms. The molecule has 0 N–H and O–H groups in total. The highest BCUT2D eigenvalue weighted by molar-refractivity contribution is 6.07. The van der Waals surface area contributed by atoms with Gasteiger partial charge < -0.3 is 4.42 Å². The van der Waals surface area contributed by atoms with E-state index in [-0.39, 0.29) is 11.8 Å². The maximum atomic E-state index is 9.89. The van der Waals surface area contributed by atoms with Crippen molar-refractivity contribution in [3.63, 3.8) is 0 Å². The molecule has 8 rings (SSSR count). The van der Waals surface area contributed by atoms with E-state index in [1.54, 1.807) is 6.07 Å². The third-order valence-electron chi connectivity index (χ3n) is 9.23. The van der Waals surface area contributed by atoms with E-state index in [4.69, 9.17) is 16.0 Å². The summed E-state index contributed by atoms with van der Waals surface area (Å²) in [5.41, 5.74) is 11.9. The fourth-order valence-corrected chi connectivity index (χ4v) is 6.79. The third kappa shape index (κ3) is 5.04. The third-order valence-corrected chi connectivity index (χ3v) is 9.23. The van der Waals surface area contributed by atoms with E-state index >= 15 is 0 Å². The van der Waals surface area contributed by atoms with Gasteiger partial charge in [-0.2, -0.15) is 5.26 Å². The van der Waals surface area contributed by atoms with Crippen LogP contribution in [-0.2, 0) is 0 Å². The number of aromatic nitrogens is 4. The number of fused-ring (bicyclic) bond motifs is 4. The number of nitriles is 1. The molecule has 3 heterocycles. The molecule has 0 aliphatic carbocycles. The Morgan fingerprint density at radius 1 is 0.755 bits per heavy atom. The van der Waals surface area contributed by atoms with E-state index in [1.165, 1.54) is 0 Å². The molecule has 0 amide bonds. The Hall–Kier alpha value is -6.44. The van der Waals surface area contributed by atoms with Crippen molar-refractivity contribution in [3.8, 4) is 40.0 Å². The second-order valence-electron chi connectivity index (χ2n) is 13.0. The first-order chi connectivity index (χ1) is 23.8. The van der Waals surface area contributed by atoms with E-state index < -0.39 is 0 Å². The number of rotatable bonds is 6. The van der Waals surface area contributed by atoms with Crippen LogP contribution in [0.25, 0.3) is 71.7 Å². The molecule has 0 aliphatic rings. The van der Waals surface area contributed by atoms with Gasteiger partial charge in [0.1, 0.15) is 29.4 Å². The lowest BCUT2D eigenvalue weighted by Crippen LogP contribution is -2.08. The molecule has 0 aliphatic heterocycles. The predicted molar refractivity (Wildman–Crippen MR) is 195 cm³/mol. The second kappa shape index (κ2) is 11.7. The molecule has 7 nitrogen and oxygen atoms in total. The zero-order chi connectivity index (χ0) is 33.8. The monoisotopic (exact) mass is 636 g/mol. The molecule has 0 fully saturated rings. The number of imidazole rings is 2. The van der Waals surface area contributed by atoms with Gasteiger partial charge in [-0.25, -0.2) is 14.8 Å². The quantitative estimate of drug-likeness (QED) is 0.170. The molecule has 0 unspecified atom stereocenters. The Morgan fingerprint density at radius 2 is 1.49 bits per heavy atom. The summed E-state index contributed by atoms with van der Waals surface area (Å²) in [5.74, 6) is 0.995. The predicted octanol–water partition coefficient (Wildman–Crippen LogP) is 11.1. The minimum absolute atomic E-state index is 0.175. The van der Waals surface area contributed by atoms with Crippen molar-refractivity contribution < 1.29 is 4.42 Å². The normalized spacial score (nSPS) is 11.6. The van der Waals surface area contributed by atoms with Gasteiger partial charge in [0.2, 0.25) is 0 Å². The fraction of sp³-hybridized carbons (Fsp3) is 0.143. The van der Waals surface area contributed by atoms with Gasteiger partial charge in [0.15, 0.2) is 11.4 Å². The highest BCUT2D eigenvalue weighted by Crippen LogP contribution is 2.40. The van der Waals surface area contributed by atoms with Crippen LogP contribution in [0, 0.1) is 17.9 Å². The lowest BCUT2D eigenvalue weighted by atomic mass is 9.88. The van der Waals surface area contributed by atoms with Crippen LogP contribution >= 0.6 is 0 Å². The standard InChI is InChI=1S/C42H32N6O/c1-25(2)33-19-29(20-34(26(3)4)41(33)47-23-31(22-43)46-42(47)28-9-8-10-30(17-28)44-5)27-13-15-39-35(18-27)36-21-32(14-16-40(36)49-39)48-24-45-37-11-6-7-12-38(37)48/h6-21,23-26H,1-4H3. The van der Waals surface area contributed by atoms with Crippen molar-refractivity contribution in [2.75, 3.05) is 0 Å². The Bertz CT molecular complexity index is 2630. The van der Waals surface area contributed by atoms with Crippen LogP contribution in [0.4, 0.5) is 5.69 Å². The summed E-state index contributed by atoms with van der Waals surface area (Å²) in [5, 5.41) is 12.0. The average molecular weight is 637 g/mol. The minimum Gasteiger partial charge on any atom is -0.456 e. The van der Waals surface area contributed by atoms with Crippen LogP contribution < -0.4 is 0 Å². The summed E-state index contributed by atoms with van der Waals surface area (Å²) in [6.45, 7) is 16.3. The van der Waals surface area contributed by atoms with E-state index in [0.717, 1.165) is 72.2 Å². The smallest absolute Gasteiger partial charge is 0.187 e. The van der Waals surface area contributed by atoms with Gasteiger partial charge >= 0.3 is 0 Å². The van der Waals surface area contributed by atoms with Crippen LogP contribution in [0.3, 0.4) is 0 Å². The Kier molecular flexibility index (Phi) is 7.12. The molecule has 8 aromatic rings. The maximum absolute atomic E-state index is 9.89. The van der Waals surface area contributed by atoms with Crippen LogP contribution in [0.1, 0.15) is 56.4 Å². The number of nitrogens with zero attached hydrogens (tertiary/aromatic N) is 6. The van der Waals surface area contributed by atoms with Crippen LogP contribution in [0.2, 0.25) is 0 Å². The van der Waals surface area contributed by atoms with Crippen molar-refractivity contribution in [3.05, 3.63) is 138 Å². The van der Waals surface area contributed by atoms with Gasteiger partial charge in [0.05, 0.1) is 23.3 Å². The summed E-state index contributed by atoms with van der Waals surface area (Å²) < 4.78 is 10.5. The van der Waals surface area contributed by atoms with E-state index in [2.05, 4.69) is 96.7 Å². The zero-order valence-electron chi connectivity index (χ0n) is 27.6. The highest BCUT2D eigenvalue weighted by Gasteiger charge is 2.23. The average Bonchev–Trinajstić information content (AvgIpc) is 3.85. The van der Waals surface area contributed by atoms with Gasteiger partial charge in [0, 0.05) is 28.2 Å². The maximum Gasteiger partial charge on any atom is 0.187 e. The Morgan fingerprint density at radius 3 is 2.22 bits per heavy atom.